The minimum absolute atomic E-state index is 0.0869. The molecule has 0 spiro atoms. The molecule has 29 heavy (non-hydrogen) atoms. The summed E-state index contributed by atoms with van der Waals surface area (Å²) in [7, 11) is 0. The van der Waals surface area contributed by atoms with Gasteiger partial charge in [0.05, 0.1) is 12.6 Å². The van der Waals surface area contributed by atoms with E-state index in [4.69, 9.17) is 15.2 Å². The molecule has 0 unspecified atom stereocenters. The van der Waals surface area contributed by atoms with Crippen LogP contribution in [-0.2, 0) is 11.2 Å². The number of rotatable bonds is 9. The van der Waals surface area contributed by atoms with Crippen LogP contribution in [0.1, 0.15) is 16.1 Å². The number of hydrazone groups is 1. The smallest absolute Gasteiger partial charge is 0.247 e. The molecule has 0 atom stereocenters. The molecule has 1 aromatic heterocycles. The highest BCUT2D eigenvalue weighted by Crippen LogP contribution is 2.16. The molecule has 9 heteroatoms. The van der Waals surface area contributed by atoms with E-state index >= 15 is 0 Å². The second-order valence-corrected chi connectivity index (χ2v) is 7.13. The number of ether oxygens (including phenoxy) is 2. The third kappa shape index (κ3) is 6.58. The molecule has 8 nitrogen and oxygen atoms in total. The Kier molecular flexibility index (Phi) is 7.12. The zero-order valence-corrected chi connectivity index (χ0v) is 16.7. The number of nitrogen functional groups attached to an aromatic ring is 1. The number of nitrogens with one attached hydrogen (secondary N) is 1. The van der Waals surface area contributed by atoms with Crippen LogP contribution in [-0.4, -0.2) is 35.5 Å². The maximum Gasteiger partial charge on any atom is 0.247 e. The maximum absolute atomic E-state index is 11.8. The van der Waals surface area contributed by atoms with E-state index in [9.17, 15) is 4.79 Å². The Bertz CT molecular complexity index is 972. The van der Waals surface area contributed by atoms with E-state index in [0.717, 1.165) is 22.6 Å². The molecular formula is C20H21N5O3S. The molecule has 3 N–H and O–H groups in total. The van der Waals surface area contributed by atoms with E-state index in [1.807, 2.05) is 55.5 Å². The van der Waals surface area contributed by atoms with E-state index < -0.39 is 0 Å². The van der Waals surface area contributed by atoms with Crippen LogP contribution >= 0.6 is 11.3 Å². The monoisotopic (exact) mass is 411 g/mol. The lowest BCUT2D eigenvalue weighted by molar-refractivity contribution is -0.120. The molecule has 0 aliphatic heterocycles. The number of amides is 1. The predicted octanol–water partition coefficient (Wildman–Crippen LogP) is 2.58. The number of nitrogens with zero attached hydrogens (tertiary/aromatic N) is 3. The van der Waals surface area contributed by atoms with Crippen LogP contribution < -0.4 is 20.6 Å². The van der Waals surface area contributed by atoms with E-state index in [2.05, 4.69) is 20.7 Å². The summed E-state index contributed by atoms with van der Waals surface area (Å²) in [6.07, 6.45) is 1.64. The molecule has 1 heterocycles. The van der Waals surface area contributed by atoms with Crippen molar-refractivity contribution < 1.29 is 14.3 Å². The van der Waals surface area contributed by atoms with Crippen LogP contribution in [0.2, 0.25) is 0 Å². The first-order chi connectivity index (χ1) is 14.1. The van der Waals surface area contributed by atoms with Crippen molar-refractivity contribution in [3.8, 4) is 11.5 Å². The van der Waals surface area contributed by atoms with Gasteiger partial charge in [0.15, 0.2) is 0 Å². The van der Waals surface area contributed by atoms with Crippen molar-refractivity contribution in [1.29, 1.82) is 0 Å². The lowest BCUT2D eigenvalue weighted by atomic mass is 10.2. The topological polar surface area (TPSA) is 112 Å². The van der Waals surface area contributed by atoms with Crippen molar-refractivity contribution in [2.45, 2.75) is 13.3 Å². The van der Waals surface area contributed by atoms with Crippen molar-refractivity contribution in [1.82, 2.24) is 15.6 Å². The summed E-state index contributed by atoms with van der Waals surface area (Å²) in [5, 5.41) is 12.3. The molecule has 0 fully saturated rings. The van der Waals surface area contributed by atoms with Crippen LogP contribution in [0, 0.1) is 6.92 Å². The minimum atomic E-state index is -0.286. The second kappa shape index (κ2) is 10.2. The van der Waals surface area contributed by atoms with Gasteiger partial charge < -0.3 is 15.2 Å². The summed E-state index contributed by atoms with van der Waals surface area (Å²) in [6.45, 7) is 2.90. The van der Waals surface area contributed by atoms with E-state index in [0.29, 0.717) is 23.4 Å². The van der Waals surface area contributed by atoms with Gasteiger partial charge in [-0.1, -0.05) is 29.5 Å². The molecule has 0 bridgehead atoms. The van der Waals surface area contributed by atoms with Crippen LogP contribution in [0.25, 0.3) is 0 Å². The molecule has 0 aliphatic carbocycles. The number of anilines is 1. The van der Waals surface area contributed by atoms with E-state index in [1.165, 1.54) is 11.3 Å². The summed E-state index contributed by atoms with van der Waals surface area (Å²) in [5.74, 6) is 1.30. The van der Waals surface area contributed by atoms with Gasteiger partial charge in [0.1, 0.15) is 29.7 Å². The molecule has 150 valence electrons. The Labute approximate surface area is 172 Å². The number of nitrogens with two attached hydrogens (primary N) is 1. The number of hydrogen-bond donors (Lipinski definition) is 2. The Morgan fingerprint density at radius 2 is 1.90 bits per heavy atom. The van der Waals surface area contributed by atoms with Gasteiger partial charge in [-0.15, -0.1) is 10.2 Å². The Morgan fingerprint density at radius 3 is 2.62 bits per heavy atom. The summed E-state index contributed by atoms with van der Waals surface area (Å²) in [5.41, 5.74) is 9.85. The molecule has 3 aromatic rings. The predicted molar refractivity (Wildman–Crippen MR) is 112 cm³/mol. The van der Waals surface area contributed by atoms with Crippen LogP contribution in [0.4, 0.5) is 5.13 Å². The minimum Gasteiger partial charge on any atom is -0.490 e. The number of carbonyl (C=O) groups excluding carboxylic acids is 1. The zero-order chi connectivity index (χ0) is 20.5. The highest BCUT2D eigenvalue weighted by atomic mass is 32.1. The number of benzene rings is 2. The zero-order valence-electron chi connectivity index (χ0n) is 15.9. The molecular weight excluding hydrogens is 390 g/mol. The first-order valence-corrected chi connectivity index (χ1v) is 9.73. The standard InChI is InChI=1S/C20H21N5O3S/c1-14-4-2-3-5-17(14)28-11-10-27-16-8-6-15(7-9-16)13-22-23-18(26)12-19-24-25-20(21)29-19/h2-9,13H,10-12H2,1H3,(H2,21,25)(H,23,26). The van der Waals surface area contributed by atoms with Gasteiger partial charge in [-0.3, -0.25) is 4.79 Å². The highest BCUT2D eigenvalue weighted by molar-refractivity contribution is 7.15. The summed E-state index contributed by atoms with van der Waals surface area (Å²) < 4.78 is 11.4. The van der Waals surface area contributed by atoms with Crippen molar-refractivity contribution in [2.24, 2.45) is 5.10 Å². The molecule has 0 saturated carbocycles. The van der Waals surface area contributed by atoms with Crippen LogP contribution in [0.5, 0.6) is 11.5 Å². The van der Waals surface area contributed by atoms with Gasteiger partial charge in [-0.2, -0.15) is 5.10 Å². The van der Waals surface area contributed by atoms with Crippen molar-refractivity contribution >= 4 is 28.6 Å². The van der Waals surface area contributed by atoms with Crippen molar-refractivity contribution in [2.75, 3.05) is 18.9 Å². The molecule has 3 rings (SSSR count). The largest absolute Gasteiger partial charge is 0.490 e. The first-order valence-electron chi connectivity index (χ1n) is 8.91. The Balaban J connectivity index is 1.38. The highest BCUT2D eigenvalue weighted by Gasteiger charge is 2.07. The average molecular weight is 411 g/mol. The number of hydrogen-bond acceptors (Lipinski definition) is 8. The SMILES string of the molecule is Cc1ccccc1OCCOc1ccc(C=NNC(=O)Cc2nnc(N)s2)cc1. The quantitative estimate of drug-likeness (QED) is 0.318. The second-order valence-electron chi connectivity index (χ2n) is 6.04. The van der Waals surface area contributed by atoms with Gasteiger partial charge >= 0.3 is 0 Å². The molecule has 0 aliphatic rings. The van der Waals surface area contributed by atoms with Gasteiger partial charge in [0, 0.05) is 0 Å². The number of aryl methyl sites for hydroxylation is 1. The Hall–Kier alpha value is -3.46. The van der Waals surface area contributed by atoms with Crippen LogP contribution in [0.15, 0.2) is 53.6 Å². The maximum atomic E-state index is 11.8. The number of aromatic nitrogens is 2. The Morgan fingerprint density at radius 1 is 1.14 bits per heavy atom. The number of para-hydroxylation sites is 1. The van der Waals surface area contributed by atoms with Gasteiger partial charge in [0.25, 0.3) is 0 Å². The molecule has 1 amide bonds. The van der Waals surface area contributed by atoms with Gasteiger partial charge in [-0.05, 0) is 48.4 Å². The fourth-order valence-electron chi connectivity index (χ4n) is 2.37. The van der Waals surface area contributed by atoms with E-state index in [1.54, 1.807) is 6.21 Å². The summed E-state index contributed by atoms with van der Waals surface area (Å²) >= 11 is 1.17. The third-order valence-electron chi connectivity index (χ3n) is 3.78. The fourth-order valence-corrected chi connectivity index (χ4v) is 2.98. The molecule has 2 aromatic carbocycles. The molecule has 0 saturated heterocycles. The number of carbonyl (C=O) groups is 1. The normalized spacial score (nSPS) is 10.8. The molecule has 0 radical (unpaired) electrons. The van der Waals surface area contributed by atoms with Crippen molar-refractivity contribution in [3.05, 3.63) is 64.7 Å². The van der Waals surface area contributed by atoms with Crippen LogP contribution in [0.3, 0.4) is 0 Å². The lowest BCUT2D eigenvalue weighted by Crippen LogP contribution is -2.19. The summed E-state index contributed by atoms with van der Waals surface area (Å²) in [4.78, 5) is 11.8. The van der Waals surface area contributed by atoms with Crippen molar-refractivity contribution in [3.63, 3.8) is 0 Å². The lowest BCUT2D eigenvalue weighted by Gasteiger charge is -2.10. The van der Waals surface area contributed by atoms with Gasteiger partial charge in [0.2, 0.25) is 11.0 Å². The fraction of sp³-hybridized carbons (Fsp3) is 0.200. The third-order valence-corrected chi connectivity index (χ3v) is 4.53. The summed E-state index contributed by atoms with van der Waals surface area (Å²) in [6, 6.07) is 15.2. The average Bonchev–Trinajstić information content (AvgIpc) is 3.12. The van der Waals surface area contributed by atoms with Gasteiger partial charge in [-0.25, -0.2) is 5.43 Å². The van der Waals surface area contributed by atoms with E-state index in [-0.39, 0.29) is 12.3 Å². The first kappa shape index (κ1) is 20.3.